The smallest absolute Gasteiger partial charge is 0.272 e. The highest BCUT2D eigenvalue weighted by Gasteiger charge is 2.41. The van der Waals surface area contributed by atoms with Gasteiger partial charge in [0.2, 0.25) is 5.95 Å². The molecule has 23 heavy (non-hydrogen) atoms. The van der Waals surface area contributed by atoms with Crippen LogP contribution in [0.15, 0.2) is 6.07 Å². The minimum absolute atomic E-state index is 0. The molecule has 0 radical (unpaired) electrons. The van der Waals surface area contributed by atoms with E-state index in [4.69, 9.17) is 11.5 Å². The molecule has 1 unspecified atom stereocenters. The van der Waals surface area contributed by atoms with Gasteiger partial charge in [0.1, 0.15) is 5.69 Å². The van der Waals surface area contributed by atoms with Gasteiger partial charge in [-0.1, -0.05) is 13.8 Å². The van der Waals surface area contributed by atoms with Gasteiger partial charge in [-0.3, -0.25) is 4.79 Å². The summed E-state index contributed by atoms with van der Waals surface area (Å²) in [5.74, 6) is 1.45. The van der Waals surface area contributed by atoms with Crippen molar-refractivity contribution in [3.8, 4) is 0 Å². The summed E-state index contributed by atoms with van der Waals surface area (Å²) in [6, 6.07) is 2.03. The van der Waals surface area contributed by atoms with Gasteiger partial charge in [-0.25, -0.2) is 9.97 Å². The van der Waals surface area contributed by atoms with Crippen LogP contribution in [0.25, 0.3) is 0 Å². The number of rotatable bonds is 3. The Morgan fingerprint density at radius 1 is 1.30 bits per heavy atom. The number of likely N-dealkylation sites (tertiary alicyclic amines) is 1. The summed E-state index contributed by atoms with van der Waals surface area (Å²) in [6.07, 6.45) is 3.05. The first kappa shape index (κ1) is 17.9. The van der Waals surface area contributed by atoms with E-state index in [-0.39, 0.29) is 30.3 Å². The molecule has 2 bridgehead atoms. The number of anilines is 1. The second-order valence-corrected chi connectivity index (χ2v) is 7.09. The van der Waals surface area contributed by atoms with Crippen LogP contribution in [0.1, 0.15) is 42.9 Å². The van der Waals surface area contributed by atoms with Crippen LogP contribution < -0.4 is 11.5 Å². The number of nitrogen functional groups attached to an aromatic ring is 1. The maximum atomic E-state index is 12.8. The highest BCUT2D eigenvalue weighted by Crippen LogP contribution is 2.36. The van der Waals surface area contributed by atoms with Crippen LogP contribution in [0.2, 0.25) is 0 Å². The van der Waals surface area contributed by atoms with Crippen molar-refractivity contribution < 1.29 is 4.79 Å². The van der Waals surface area contributed by atoms with Gasteiger partial charge in [0.15, 0.2) is 0 Å². The number of nitrogens with two attached hydrogens (primary N) is 2. The van der Waals surface area contributed by atoms with Crippen molar-refractivity contribution in [1.82, 2.24) is 14.9 Å². The van der Waals surface area contributed by atoms with Gasteiger partial charge in [-0.05, 0) is 43.1 Å². The van der Waals surface area contributed by atoms with Crippen LogP contribution in [0.4, 0.5) is 5.95 Å². The molecule has 0 aromatic carbocycles. The van der Waals surface area contributed by atoms with Crippen molar-refractivity contribution in [2.24, 2.45) is 23.5 Å². The summed E-state index contributed by atoms with van der Waals surface area (Å²) < 4.78 is 0. The van der Waals surface area contributed by atoms with E-state index in [2.05, 4.69) is 23.8 Å². The molecule has 0 spiro atoms. The number of hydrogen-bond acceptors (Lipinski definition) is 5. The van der Waals surface area contributed by atoms with Gasteiger partial charge in [-0.15, -0.1) is 12.4 Å². The molecule has 4 N–H and O–H groups in total. The van der Waals surface area contributed by atoms with Crippen molar-refractivity contribution in [3.63, 3.8) is 0 Å². The lowest BCUT2D eigenvalue weighted by molar-refractivity contribution is 0.0631. The van der Waals surface area contributed by atoms with Crippen molar-refractivity contribution in [1.29, 1.82) is 0 Å². The number of nitrogens with zero attached hydrogens (tertiary/aromatic N) is 3. The van der Waals surface area contributed by atoms with E-state index in [1.807, 2.05) is 4.90 Å². The van der Waals surface area contributed by atoms with Crippen molar-refractivity contribution in [2.45, 2.75) is 39.2 Å². The first-order valence-corrected chi connectivity index (χ1v) is 8.12. The molecule has 128 valence electrons. The second-order valence-electron chi connectivity index (χ2n) is 7.09. The maximum Gasteiger partial charge on any atom is 0.272 e. The van der Waals surface area contributed by atoms with Crippen LogP contribution in [-0.4, -0.2) is 39.9 Å². The van der Waals surface area contributed by atoms with E-state index in [1.165, 1.54) is 0 Å². The van der Waals surface area contributed by atoms with Gasteiger partial charge in [0.05, 0.1) is 0 Å². The minimum atomic E-state index is -0.0390. The first-order chi connectivity index (χ1) is 10.4. The van der Waals surface area contributed by atoms with Crippen molar-refractivity contribution in [3.05, 3.63) is 17.5 Å². The summed E-state index contributed by atoms with van der Waals surface area (Å²) in [7, 11) is 0. The minimum Gasteiger partial charge on any atom is -0.368 e. The number of aromatic nitrogens is 2. The zero-order valence-corrected chi connectivity index (χ0v) is 14.6. The number of halogens is 1. The van der Waals surface area contributed by atoms with Crippen LogP contribution in [-0.2, 0) is 6.42 Å². The SMILES string of the molecule is CC(C)Cc1cc(C(=O)N2C[C@H]3CC[C@@H](C2)C3N)nc(N)n1.Cl. The Morgan fingerprint density at radius 2 is 1.91 bits per heavy atom. The first-order valence-electron chi connectivity index (χ1n) is 8.12. The Balaban J connectivity index is 0.00000192. The van der Waals surface area contributed by atoms with Crippen LogP contribution in [0.3, 0.4) is 0 Å². The second kappa shape index (κ2) is 7.01. The van der Waals surface area contributed by atoms with E-state index < -0.39 is 0 Å². The topological polar surface area (TPSA) is 98.1 Å². The molecule has 1 amide bonds. The summed E-state index contributed by atoms with van der Waals surface area (Å²) in [5, 5.41) is 0. The number of fused-ring (bicyclic) bond motifs is 2. The number of piperidine rings is 1. The molecular formula is C16H26ClN5O. The molecule has 2 aliphatic rings. The fourth-order valence-electron chi connectivity index (χ4n) is 3.74. The third-order valence-corrected chi connectivity index (χ3v) is 4.83. The Kier molecular flexibility index (Phi) is 5.47. The molecule has 1 saturated heterocycles. The normalized spacial score (nSPS) is 26.3. The molecule has 7 heteroatoms. The molecule has 1 aliphatic heterocycles. The maximum absolute atomic E-state index is 12.8. The molecule has 2 heterocycles. The molecule has 1 aromatic rings. The van der Waals surface area contributed by atoms with E-state index in [0.717, 1.165) is 38.0 Å². The monoisotopic (exact) mass is 339 g/mol. The number of carbonyl (C=O) groups excluding carboxylic acids is 1. The van der Waals surface area contributed by atoms with E-state index in [9.17, 15) is 4.79 Å². The Hall–Kier alpha value is -1.40. The van der Waals surface area contributed by atoms with Gasteiger partial charge in [0, 0.05) is 24.8 Å². The predicted octanol–water partition coefficient (Wildman–Crippen LogP) is 1.49. The molecule has 1 aromatic heterocycles. The van der Waals surface area contributed by atoms with E-state index in [1.54, 1.807) is 6.07 Å². The zero-order chi connectivity index (χ0) is 15.9. The molecule has 3 rings (SSSR count). The standard InChI is InChI=1S/C16H25N5O.ClH/c1-9(2)5-12-6-13(20-16(18)19-12)15(22)21-7-10-3-4-11(8-21)14(10)17;/h6,9-11,14H,3-5,7-8,17H2,1-2H3,(H2,18,19,20);1H/t10-,11+,14?;. The molecule has 2 fully saturated rings. The summed E-state index contributed by atoms with van der Waals surface area (Å²) in [6.45, 7) is 5.70. The van der Waals surface area contributed by atoms with Gasteiger partial charge in [-0.2, -0.15) is 0 Å². The Bertz CT molecular complexity index is 566. The summed E-state index contributed by atoms with van der Waals surface area (Å²) >= 11 is 0. The lowest BCUT2D eigenvalue weighted by atomic mass is 9.93. The van der Waals surface area contributed by atoms with E-state index in [0.29, 0.717) is 23.4 Å². The molecule has 3 atom stereocenters. The fraction of sp³-hybridized carbons (Fsp3) is 0.688. The summed E-state index contributed by atoms with van der Waals surface area (Å²) in [5.41, 5.74) is 13.2. The predicted molar refractivity (Wildman–Crippen MR) is 92.3 cm³/mol. The van der Waals surface area contributed by atoms with E-state index >= 15 is 0 Å². The highest BCUT2D eigenvalue weighted by atomic mass is 35.5. The van der Waals surface area contributed by atoms with Crippen LogP contribution in [0, 0.1) is 17.8 Å². The number of carbonyl (C=O) groups is 1. The van der Waals surface area contributed by atoms with Crippen molar-refractivity contribution in [2.75, 3.05) is 18.8 Å². The Labute approximate surface area is 143 Å². The molecule has 1 saturated carbocycles. The zero-order valence-electron chi connectivity index (χ0n) is 13.7. The number of hydrogen-bond donors (Lipinski definition) is 2. The third kappa shape index (κ3) is 3.75. The largest absolute Gasteiger partial charge is 0.368 e. The van der Waals surface area contributed by atoms with Gasteiger partial charge >= 0.3 is 0 Å². The average Bonchev–Trinajstić information content (AvgIpc) is 2.67. The van der Waals surface area contributed by atoms with Crippen molar-refractivity contribution >= 4 is 24.3 Å². The molecule has 6 nitrogen and oxygen atoms in total. The highest BCUT2D eigenvalue weighted by molar-refractivity contribution is 5.92. The van der Waals surface area contributed by atoms with Crippen LogP contribution in [0.5, 0.6) is 0 Å². The summed E-state index contributed by atoms with van der Waals surface area (Å²) in [4.78, 5) is 23.0. The average molecular weight is 340 g/mol. The quantitative estimate of drug-likeness (QED) is 0.869. The Morgan fingerprint density at radius 3 is 2.48 bits per heavy atom. The molecular weight excluding hydrogens is 314 g/mol. The van der Waals surface area contributed by atoms with Gasteiger partial charge in [0.25, 0.3) is 5.91 Å². The third-order valence-electron chi connectivity index (χ3n) is 4.83. The number of amides is 1. The lowest BCUT2D eigenvalue weighted by Crippen LogP contribution is -2.50. The molecule has 1 aliphatic carbocycles. The van der Waals surface area contributed by atoms with Crippen LogP contribution >= 0.6 is 12.4 Å². The lowest BCUT2D eigenvalue weighted by Gasteiger charge is -2.36. The fourth-order valence-corrected chi connectivity index (χ4v) is 3.74. The van der Waals surface area contributed by atoms with Gasteiger partial charge < -0.3 is 16.4 Å².